The van der Waals surface area contributed by atoms with E-state index in [9.17, 15) is 40.3 Å². The molecule has 0 unspecified atom stereocenters. The number of aliphatic carboxylic acids is 1. The first kappa shape index (κ1) is 30.5. The van der Waals surface area contributed by atoms with Gasteiger partial charge in [-0.1, -0.05) is 17.7 Å². The monoisotopic (exact) mass is 619 g/mol. The molecule has 0 radical (unpaired) electrons. The van der Waals surface area contributed by atoms with Crippen molar-refractivity contribution >= 4 is 29.0 Å². The van der Waals surface area contributed by atoms with Crippen LogP contribution in [0.3, 0.4) is 0 Å². The molecule has 222 valence electrons. The Morgan fingerprint density at radius 2 is 1.81 bits per heavy atom. The molecule has 5 rings (SSSR count). The van der Waals surface area contributed by atoms with Gasteiger partial charge in [0, 0.05) is 18.3 Å². The van der Waals surface area contributed by atoms with Crippen molar-refractivity contribution < 1.29 is 50.4 Å². The third-order valence-electron chi connectivity index (χ3n) is 6.14. The average Bonchev–Trinajstić information content (AvgIpc) is 3.46. The number of aryl methyl sites for hydroxylation is 1. The molecule has 0 spiro atoms. The number of aromatic amines is 2. The van der Waals surface area contributed by atoms with E-state index < -0.39 is 35.9 Å². The fourth-order valence-corrected chi connectivity index (χ4v) is 4.44. The number of H-pyrrole nitrogens is 2. The van der Waals surface area contributed by atoms with Crippen LogP contribution in [-0.2, 0) is 30.5 Å². The summed E-state index contributed by atoms with van der Waals surface area (Å²) in [4.78, 5) is 43.6. The summed E-state index contributed by atoms with van der Waals surface area (Å²) in [7, 11) is 0. The molecular formula is C25H17ClF7N5O4. The lowest BCUT2D eigenvalue weighted by Crippen LogP contribution is -2.37. The largest absolute Gasteiger partial charge is 0.542 e. The molecule has 0 aliphatic carbocycles. The Morgan fingerprint density at radius 3 is 2.43 bits per heavy atom. The maximum absolute atomic E-state index is 14.6. The second-order valence-corrected chi connectivity index (χ2v) is 9.46. The molecule has 1 aromatic carbocycles. The maximum Gasteiger partial charge on any atom is 0.499 e. The van der Waals surface area contributed by atoms with Crippen LogP contribution in [0.2, 0.25) is 5.15 Å². The highest BCUT2D eigenvalue weighted by Crippen LogP contribution is 2.29. The highest BCUT2D eigenvalue weighted by Gasteiger charge is 2.43. The first-order chi connectivity index (χ1) is 19.5. The number of hydrogen-bond acceptors (Lipinski definition) is 5. The van der Waals surface area contributed by atoms with Crippen molar-refractivity contribution in [3.05, 3.63) is 97.4 Å². The molecule has 1 aliphatic heterocycles. The van der Waals surface area contributed by atoms with Crippen molar-refractivity contribution in [3.63, 3.8) is 0 Å². The Hall–Kier alpha value is -4.47. The van der Waals surface area contributed by atoms with E-state index in [1.165, 1.54) is 23.2 Å². The number of rotatable bonds is 3. The van der Waals surface area contributed by atoms with Gasteiger partial charge < -0.3 is 19.8 Å². The maximum atomic E-state index is 14.6. The molecule has 4 aromatic rings. The van der Waals surface area contributed by atoms with Crippen LogP contribution in [0.1, 0.15) is 44.3 Å². The topological polar surface area (TPSA) is 125 Å². The lowest BCUT2D eigenvalue weighted by Gasteiger charge is -2.16. The van der Waals surface area contributed by atoms with Crippen molar-refractivity contribution in [2.24, 2.45) is 0 Å². The van der Waals surface area contributed by atoms with E-state index in [4.69, 9.17) is 21.5 Å². The third-order valence-corrected chi connectivity index (χ3v) is 6.61. The minimum Gasteiger partial charge on any atom is -0.542 e. The summed E-state index contributed by atoms with van der Waals surface area (Å²) in [5.74, 6) is -5.60. The Kier molecular flexibility index (Phi) is 8.04. The number of benzene rings is 1. The van der Waals surface area contributed by atoms with Crippen molar-refractivity contribution in [2.45, 2.75) is 38.8 Å². The predicted molar refractivity (Wildman–Crippen MR) is 127 cm³/mol. The van der Waals surface area contributed by atoms with Gasteiger partial charge in [0.1, 0.15) is 22.5 Å². The van der Waals surface area contributed by atoms with E-state index in [2.05, 4.69) is 15.0 Å². The normalized spacial score (nSPS) is 13.1. The Labute approximate surface area is 235 Å². The minimum absolute atomic E-state index is 0.00172. The molecule has 0 bridgehead atoms. The van der Waals surface area contributed by atoms with Gasteiger partial charge in [-0.3, -0.25) is 14.0 Å². The van der Waals surface area contributed by atoms with Gasteiger partial charge in [0.25, 0.3) is 11.5 Å². The molecule has 3 aromatic heterocycles. The van der Waals surface area contributed by atoms with E-state index in [0.717, 1.165) is 12.3 Å². The van der Waals surface area contributed by atoms with Crippen LogP contribution in [0.5, 0.6) is 0 Å². The number of amides is 1. The SMILES string of the molecule is Cc1cc2c(=O)[nH]cc(Cc3ccc(F)c(C(=O)N4Cc5c[nH+]c(C(F)(F)F)nc5C4)c3)n2c1Cl.O=C([O-])C(F)(F)F. The van der Waals surface area contributed by atoms with Crippen LogP contribution in [0.25, 0.3) is 5.52 Å². The first-order valence-corrected chi connectivity index (χ1v) is 12.1. The molecule has 42 heavy (non-hydrogen) atoms. The van der Waals surface area contributed by atoms with E-state index in [-0.39, 0.29) is 36.3 Å². The number of carboxylic acid groups (broad SMARTS) is 1. The number of hydrogen-bond donors (Lipinski definition) is 1. The van der Waals surface area contributed by atoms with Crippen molar-refractivity contribution in [2.75, 3.05) is 0 Å². The standard InChI is InChI=1S/C23H16ClF4N5O2.C2HF3O2/c1-11-4-18-20(34)29-8-14(33(18)19(11)24)5-12-2-3-16(25)15(6-12)21(35)32-9-13-7-30-22(23(26,27)28)31-17(13)10-32;3-2(4,5)1(6)7/h2-4,6-8H,5,9-10H2,1H3,(H,29,34);(H,6,7). The van der Waals surface area contributed by atoms with E-state index in [1.54, 1.807) is 17.4 Å². The summed E-state index contributed by atoms with van der Waals surface area (Å²) in [6, 6.07) is 5.72. The number of carbonyl (C=O) groups is 2. The molecule has 1 amide bonds. The van der Waals surface area contributed by atoms with Crippen LogP contribution in [0.4, 0.5) is 30.7 Å². The van der Waals surface area contributed by atoms with E-state index in [1.807, 2.05) is 0 Å². The number of fused-ring (bicyclic) bond motifs is 2. The Morgan fingerprint density at radius 1 is 1.14 bits per heavy atom. The van der Waals surface area contributed by atoms with Crippen molar-refractivity contribution in [3.8, 4) is 0 Å². The van der Waals surface area contributed by atoms with Crippen molar-refractivity contribution in [1.29, 1.82) is 0 Å². The van der Waals surface area contributed by atoms with Gasteiger partial charge in [0.2, 0.25) is 0 Å². The average molecular weight is 620 g/mol. The highest BCUT2D eigenvalue weighted by molar-refractivity contribution is 6.30. The third kappa shape index (κ3) is 6.22. The molecule has 0 fully saturated rings. The quantitative estimate of drug-likeness (QED) is 0.353. The van der Waals surface area contributed by atoms with Crippen LogP contribution in [-0.4, -0.2) is 37.3 Å². The number of aromatic nitrogens is 4. The van der Waals surface area contributed by atoms with Crippen LogP contribution >= 0.6 is 11.6 Å². The fourth-order valence-electron chi connectivity index (χ4n) is 4.19. The summed E-state index contributed by atoms with van der Waals surface area (Å²) < 4.78 is 86.6. The first-order valence-electron chi connectivity index (χ1n) is 11.7. The van der Waals surface area contributed by atoms with E-state index in [0.29, 0.717) is 33.1 Å². The zero-order valence-corrected chi connectivity index (χ0v) is 21.8. The fraction of sp³-hybridized carbons (Fsp3) is 0.240. The number of alkyl halides is 6. The molecule has 0 atom stereocenters. The highest BCUT2D eigenvalue weighted by atomic mass is 35.5. The van der Waals surface area contributed by atoms with Crippen LogP contribution < -0.4 is 15.6 Å². The van der Waals surface area contributed by atoms with Gasteiger partial charge in [0.05, 0.1) is 30.4 Å². The molecule has 9 nitrogen and oxygen atoms in total. The Balaban J connectivity index is 0.000000517. The molecule has 0 saturated carbocycles. The number of carbonyl (C=O) groups excluding carboxylic acids is 2. The molecule has 17 heteroatoms. The van der Waals surface area contributed by atoms with Gasteiger partial charge in [-0.25, -0.2) is 9.37 Å². The summed E-state index contributed by atoms with van der Waals surface area (Å²) >= 11 is 6.37. The lowest BCUT2D eigenvalue weighted by atomic mass is 10.0. The second-order valence-electron chi connectivity index (χ2n) is 9.10. The second kappa shape index (κ2) is 11.1. The predicted octanol–water partition coefficient (Wildman–Crippen LogP) is 3.00. The molecular weight excluding hydrogens is 603 g/mol. The van der Waals surface area contributed by atoms with E-state index >= 15 is 0 Å². The molecule has 2 N–H and O–H groups in total. The molecule has 1 aliphatic rings. The zero-order valence-electron chi connectivity index (χ0n) is 21.1. The summed E-state index contributed by atoms with van der Waals surface area (Å²) in [6.07, 6.45) is -6.95. The number of halogens is 8. The van der Waals surface area contributed by atoms with Crippen molar-refractivity contribution in [1.82, 2.24) is 19.3 Å². The van der Waals surface area contributed by atoms with Gasteiger partial charge in [0.15, 0.2) is 5.69 Å². The van der Waals surface area contributed by atoms with Gasteiger partial charge in [-0.2, -0.15) is 26.3 Å². The Bertz CT molecular complexity index is 1770. The summed E-state index contributed by atoms with van der Waals surface area (Å²) in [6.45, 7) is 1.60. The van der Waals surface area contributed by atoms with Crippen LogP contribution in [0, 0.1) is 12.7 Å². The van der Waals surface area contributed by atoms with Gasteiger partial charge >= 0.3 is 18.2 Å². The molecule has 4 heterocycles. The number of carboxylic acids is 1. The molecule has 0 saturated heterocycles. The van der Waals surface area contributed by atoms with Gasteiger partial charge in [-0.05, 0) is 41.2 Å². The number of nitrogens with zero attached hydrogens (tertiary/aromatic N) is 3. The summed E-state index contributed by atoms with van der Waals surface area (Å²) in [5, 5.41) is 9.16. The number of nitrogens with one attached hydrogen (secondary N) is 2. The summed E-state index contributed by atoms with van der Waals surface area (Å²) in [5.41, 5.74) is 2.28. The zero-order chi connectivity index (χ0) is 31.1. The lowest BCUT2D eigenvalue weighted by molar-refractivity contribution is -0.432. The smallest absolute Gasteiger partial charge is 0.499 e. The van der Waals surface area contributed by atoms with Crippen LogP contribution in [0.15, 0.2) is 41.5 Å². The minimum atomic E-state index is -5.19. The van der Waals surface area contributed by atoms with Gasteiger partial charge in [-0.15, -0.1) is 0 Å².